The Morgan fingerprint density at radius 1 is 1.22 bits per heavy atom. The molecule has 18 heavy (non-hydrogen) atoms. The number of amides is 1. The van der Waals surface area contributed by atoms with Crippen molar-refractivity contribution in [2.24, 2.45) is 0 Å². The van der Waals surface area contributed by atoms with E-state index in [1.165, 1.54) is 25.3 Å². The van der Waals surface area contributed by atoms with Crippen LogP contribution in [0, 0.1) is 0 Å². The van der Waals surface area contributed by atoms with Gasteiger partial charge >= 0.3 is 0 Å². The van der Waals surface area contributed by atoms with Gasteiger partial charge in [0, 0.05) is 34.1 Å². The maximum atomic E-state index is 12.0. The first-order chi connectivity index (χ1) is 8.32. The number of carbonyl (C=O) groups is 1. The highest BCUT2D eigenvalue weighted by Gasteiger charge is 2.24. The fourth-order valence-corrected chi connectivity index (χ4v) is 2.92. The van der Waals surface area contributed by atoms with E-state index in [1.807, 2.05) is 0 Å². The van der Waals surface area contributed by atoms with E-state index in [4.69, 9.17) is 0 Å². The van der Waals surface area contributed by atoms with E-state index >= 15 is 0 Å². The summed E-state index contributed by atoms with van der Waals surface area (Å²) in [6.07, 6.45) is 0. The lowest BCUT2D eigenvalue weighted by molar-refractivity contribution is -0.129. The van der Waals surface area contributed by atoms with Crippen molar-refractivity contribution in [3.63, 3.8) is 0 Å². The van der Waals surface area contributed by atoms with Gasteiger partial charge in [-0.1, -0.05) is 6.07 Å². The molecule has 6 heteroatoms. The molecule has 1 aromatic rings. The Morgan fingerprint density at radius 2 is 1.83 bits per heavy atom. The molecule has 0 fully saturated rings. The van der Waals surface area contributed by atoms with Gasteiger partial charge in [0.25, 0.3) is 0 Å². The Bertz CT molecular complexity index is 593. The Labute approximate surface area is 107 Å². The third kappa shape index (κ3) is 2.13. The minimum atomic E-state index is -3.41. The molecule has 0 bridgehead atoms. The van der Waals surface area contributed by atoms with Crippen LogP contribution in [0.4, 0.5) is 0 Å². The van der Waals surface area contributed by atoms with Crippen LogP contribution in [0.1, 0.15) is 18.1 Å². The minimum absolute atomic E-state index is 0.00298. The highest BCUT2D eigenvalue weighted by molar-refractivity contribution is 7.89. The van der Waals surface area contributed by atoms with Gasteiger partial charge in [-0.15, -0.1) is 0 Å². The molecule has 1 amide bonds. The minimum Gasteiger partial charge on any atom is -0.334 e. The fraction of sp³-hybridized carbons (Fsp3) is 0.417. The van der Waals surface area contributed by atoms with Crippen LogP contribution in [0.15, 0.2) is 23.1 Å². The molecule has 1 aliphatic heterocycles. The number of rotatable bonds is 2. The van der Waals surface area contributed by atoms with Crippen molar-refractivity contribution in [1.29, 1.82) is 0 Å². The zero-order valence-corrected chi connectivity index (χ0v) is 11.5. The molecular weight excluding hydrogens is 252 g/mol. The summed E-state index contributed by atoms with van der Waals surface area (Å²) in [6, 6.07) is 5.04. The third-order valence-corrected chi connectivity index (χ3v) is 4.94. The molecule has 0 aliphatic carbocycles. The summed E-state index contributed by atoms with van der Waals surface area (Å²) in [4.78, 5) is 13.3. The summed E-state index contributed by atoms with van der Waals surface area (Å²) in [5.74, 6) is 0.00298. The van der Waals surface area contributed by atoms with Gasteiger partial charge in [0.15, 0.2) is 0 Å². The molecule has 0 radical (unpaired) electrons. The predicted octanol–water partition coefficient (Wildman–Crippen LogP) is 0.799. The van der Waals surface area contributed by atoms with E-state index in [0.717, 1.165) is 11.1 Å². The molecule has 98 valence electrons. The van der Waals surface area contributed by atoms with E-state index in [9.17, 15) is 13.2 Å². The molecule has 0 saturated heterocycles. The van der Waals surface area contributed by atoms with Crippen molar-refractivity contribution >= 4 is 15.9 Å². The van der Waals surface area contributed by atoms with E-state index in [1.54, 1.807) is 23.1 Å². The van der Waals surface area contributed by atoms with E-state index in [2.05, 4.69) is 0 Å². The summed E-state index contributed by atoms with van der Waals surface area (Å²) >= 11 is 0. The largest absolute Gasteiger partial charge is 0.334 e. The van der Waals surface area contributed by atoms with Crippen LogP contribution in [0.25, 0.3) is 0 Å². The molecule has 0 unspecified atom stereocenters. The standard InChI is InChI=1S/C12H16N2O3S/c1-9(15)14-7-10-4-5-12(6-11(10)8-14)18(16,17)13(2)3/h4-6H,7-8H2,1-3H3. The maximum absolute atomic E-state index is 12.0. The Kier molecular flexibility index (Phi) is 3.16. The number of hydrogen-bond donors (Lipinski definition) is 0. The second-order valence-electron chi connectivity index (χ2n) is 4.59. The molecule has 1 aromatic carbocycles. The highest BCUT2D eigenvalue weighted by atomic mass is 32.2. The second-order valence-corrected chi connectivity index (χ2v) is 6.74. The average Bonchev–Trinajstić information content (AvgIpc) is 2.71. The first kappa shape index (κ1) is 13.0. The number of nitrogens with zero attached hydrogens (tertiary/aromatic N) is 2. The van der Waals surface area contributed by atoms with Crippen molar-refractivity contribution in [2.75, 3.05) is 14.1 Å². The zero-order chi connectivity index (χ0) is 13.5. The summed E-state index contributed by atoms with van der Waals surface area (Å²) in [7, 11) is -0.398. The summed E-state index contributed by atoms with van der Waals surface area (Å²) in [6.45, 7) is 2.57. The molecule has 1 aliphatic rings. The van der Waals surface area contributed by atoms with Gasteiger partial charge in [0.05, 0.1) is 4.90 Å². The normalized spacial score (nSPS) is 15.0. The quantitative estimate of drug-likeness (QED) is 0.797. The van der Waals surface area contributed by atoms with Crippen LogP contribution in [-0.4, -0.2) is 37.6 Å². The van der Waals surface area contributed by atoms with Crippen LogP contribution >= 0.6 is 0 Å². The van der Waals surface area contributed by atoms with Gasteiger partial charge in [-0.25, -0.2) is 12.7 Å². The van der Waals surface area contributed by atoms with Crippen LogP contribution in [0.5, 0.6) is 0 Å². The number of carbonyl (C=O) groups excluding carboxylic acids is 1. The monoisotopic (exact) mass is 268 g/mol. The Morgan fingerprint density at radius 3 is 2.39 bits per heavy atom. The molecule has 0 aromatic heterocycles. The van der Waals surface area contributed by atoms with Crippen LogP contribution in [-0.2, 0) is 27.9 Å². The molecule has 0 atom stereocenters. The molecule has 0 N–H and O–H groups in total. The van der Waals surface area contributed by atoms with E-state index in [-0.39, 0.29) is 10.8 Å². The third-order valence-electron chi connectivity index (χ3n) is 3.12. The van der Waals surface area contributed by atoms with Gasteiger partial charge in [-0.2, -0.15) is 0 Å². The summed E-state index contributed by atoms with van der Waals surface area (Å²) < 4.78 is 25.2. The molecule has 0 spiro atoms. The van der Waals surface area contributed by atoms with Crippen LogP contribution in [0.2, 0.25) is 0 Å². The molecule has 2 rings (SSSR count). The van der Waals surface area contributed by atoms with Gasteiger partial charge in [0.2, 0.25) is 15.9 Å². The average molecular weight is 268 g/mol. The summed E-state index contributed by atoms with van der Waals surface area (Å²) in [5.41, 5.74) is 1.93. The van der Waals surface area contributed by atoms with Crippen LogP contribution < -0.4 is 0 Å². The lowest BCUT2D eigenvalue weighted by atomic mass is 10.1. The smallest absolute Gasteiger partial charge is 0.242 e. The fourth-order valence-electron chi connectivity index (χ4n) is 1.96. The van der Waals surface area contributed by atoms with Gasteiger partial charge < -0.3 is 4.90 Å². The first-order valence-corrected chi connectivity index (χ1v) is 7.06. The van der Waals surface area contributed by atoms with Crippen molar-refractivity contribution in [2.45, 2.75) is 24.9 Å². The number of fused-ring (bicyclic) bond motifs is 1. The topological polar surface area (TPSA) is 57.7 Å². The highest BCUT2D eigenvalue weighted by Crippen LogP contribution is 2.26. The second kappa shape index (κ2) is 4.37. The Hall–Kier alpha value is -1.40. The molecular formula is C12H16N2O3S. The van der Waals surface area contributed by atoms with Crippen molar-refractivity contribution in [3.05, 3.63) is 29.3 Å². The van der Waals surface area contributed by atoms with Crippen molar-refractivity contribution < 1.29 is 13.2 Å². The van der Waals surface area contributed by atoms with Gasteiger partial charge in [-0.3, -0.25) is 4.79 Å². The molecule has 1 heterocycles. The lowest BCUT2D eigenvalue weighted by Crippen LogP contribution is -2.22. The first-order valence-electron chi connectivity index (χ1n) is 5.62. The number of benzene rings is 1. The SMILES string of the molecule is CC(=O)N1Cc2ccc(S(=O)(=O)N(C)C)cc2C1. The van der Waals surface area contributed by atoms with E-state index < -0.39 is 10.0 Å². The maximum Gasteiger partial charge on any atom is 0.242 e. The van der Waals surface area contributed by atoms with Crippen molar-refractivity contribution in [1.82, 2.24) is 9.21 Å². The van der Waals surface area contributed by atoms with Gasteiger partial charge in [-0.05, 0) is 23.3 Å². The number of hydrogen-bond acceptors (Lipinski definition) is 3. The van der Waals surface area contributed by atoms with Gasteiger partial charge in [0.1, 0.15) is 0 Å². The predicted molar refractivity (Wildman–Crippen MR) is 67.2 cm³/mol. The number of sulfonamides is 1. The summed E-state index contributed by atoms with van der Waals surface area (Å²) in [5, 5.41) is 0. The van der Waals surface area contributed by atoms with E-state index in [0.29, 0.717) is 13.1 Å². The lowest BCUT2D eigenvalue weighted by Gasteiger charge is -2.12. The molecule has 5 nitrogen and oxygen atoms in total. The Balaban J connectivity index is 2.38. The molecule has 0 saturated carbocycles. The van der Waals surface area contributed by atoms with Crippen molar-refractivity contribution in [3.8, 4) is 0 Å². The zero-order valence-electron chi connectivity index (χ0n) is 10.7. The van der Waals surface area contributed by atoms with Crippen LogP contribution in [0.3, 0.4) is 0 Å².